The standard InChI is InChI=1S/C14H6Br2N2O2/c15-5-1-7-11-9(3-5)18-14(20)8-2-6(16)4-10(12(8)11)17-13(7)19/h1-4H,(H,17,19)(H,18,20). The average molecular weight is 394 g/mol. The molecule has 0 fully saturated rings. The van der Waals surface area contributed by atoms with E-state index >= 15 is 0 Å². The van der Waals surface area contributed by atoms with Gasteiger partial charge in [0.15, 0.2) is 0 Å². The molecular weight excluding hydrogens is 388 g/mol. The monoisotopic (exact) mass is 392 g/mol. The van der Waals surface area contributed by atoms with Gasteiger partial charge in [0.25, 0.3) is 11.1 Å². The number of benzene rings is 2. The molecule has 0 spiro atoms. The van der Waals surface area contributed by atoms with Crippen LogP contribution in [0.5, 0.6) is 0 Å². The second-order valence-electron chi connectivity index (χ2n) is 4.66. The van der Waals surface area contributed by atoms with Gasteiger partial charge in [0.2, 0.25) is 0 Å². The molecule has 2 N–H and O–H groups in total. The Balaban J connectivity index is 2.53. The van der Waals surface area contributed by atoms with E-state index in [1.165, 1.54) is 0 Å². The van der Waals surface area contributed by atoms with Crippen LogP contribution >= 0.6 is 31.9 Å². The Morgan fingerprint density at radius 1 is 0.700 bits per heavy atom. The maximum atomic E-state index is 12.2. The van der Waals surface area contributed by atoms with Crippen molar-refractivity contribution >= 4 is 64.4 Å². The van der Waals surface area contributed by atoms with Crippen molar-refractivity contribution in [2.75, 3.05) is 0 Å². The van der Waals surface area contributed by atoms with Gasteiger partial charge in [0, 0.05) is 19.7 Å². The number of aromatic amines is 2. The number of rotatable bonds is 0. The quantitative estimate of drug-likeness (QED) is 0.449. The van der Waals surface area contributed by atoms with Gasteiger partial charge in [-0.3, -0.25) is 9.59 Å². The maximum absolute atomic E-state index is 12.2. The number of nitrogens with one attached hydrogen (secondary N) is 2. The van der Waals surface area contributed by atoms with Crippen molar-refractivity contribution in [1.82, 2.24) is 9.97 Å². The minimum absolute atomic E-state index is 0.171. The lowest BCUT2D eigenvalue weighted by atomic mass is 10.0. The number of H-pyrrole nitrogens is 2. The molecule has 0 aliphatic rings. The number of hydrogen-bond acceptors (Lipinski definition) is 2. The highest BCUT2D eigenvalue weighted by atomic mass is 79.9. The zero-order chi connectivity index (χ0) is 14.0. The van der Waals surface area contributed by atoms with E-state index in [2.05, 4.69) is 41.8 Å². The van der Waals surface area contributed by atoms with E-state index in [1.807, 2.05) is 12.1 Å². The van der Waals surface area contributed by atoms with Crippen molar-refractivity contribution < 1.29 is 0 Å². The summed E-state index contributed by atoms with van der Waals surface area (Å²) in [6, 6.07) is 7.15. The topological polar surface area (TPSA) is 65.7 Å². The molecule has 0 radical (unpaired) electrons. The fourth-order valence-corrected chi connectivity index (χ4v) is 3.60. The lowest BCUT2D eigenvalue weighted by Crippen LogP contribution is -2.13. The first kappa shape index (κ1) is 12.1. The number of hydrogen-bond donors (Lipinski definition) is 2. The highest BCUT2D eigenvalue weighted by Gasteiger charge is 2.15. The van der Waals surface area contributed by atoms with Crippen LogP contribution in [0.3, 0.4) is 0 Å². The summed E-state index contributed by atoms with van der Waals surface area (Å²) in [6.45, 7) is 0. The summed E-state index contributed by atoms with van der Waals surface area (Å²) in [7, 11) is 0. The van der Waals surface area contributed by atoms with E-state index in [9.17, 15) is 9.59 Å². The molecule has 2 aromatic heterocycles. The third kappa shape index (κ3) is 1.52. The number of aromatic nitrogens is 2. The van der Waals surface area contributed by atoms with Crippen LogP contribution in [0.4, 0.5) is 0 Å². The predicted molar refractivity (Wildman–Crippen MR) is 86.8 cm³/mol. The molecule has 20 heavy (non-hydrogen) atoms. The summed E-state index contributed by atoms with van der Waals surface area (Å²) in [4.78, 5) is 30.1. The minimum atomic E-state index is -0.171. The van der Waals surface area contributed by atoms with Gasteiger partial charge in [-0.2, -0.15) is 0 Å². The zero-order valence-corrected chi connectivity index (χ0v) is 13.1. The van der Waals surface area contributed by atoms with Gasteiger partial charge in [-0.05, 0) is 24.3 Å². The normalized spacial score (nSPS) is 11.9. The van der Waals surface area contributed by atoms with Crippen LogP contribution < -0.4 is 11.1 Å². The zero-order valence-electron chi connectivity index (χ0n) is 9.88. The Kier molecular flexibility index (Phi) is 2.38. The molecule has 0 aliphatic heterocycles. The largest absolute Gasteiger partial charge is 0.321 e. The van der Waals surface area contributed by atoms with E-state index in [0.717, 1.165) is 19.7 Å². The number of halogens is 2. The van der Waals surface area contributed by atoms with Crippen molar-refractivity contribution in [3.63, 3.8) is 0 Å². The van der Waals surface area contributed by atoms with Gasteiger partial charge in [-0.25, -0.2) is 0 Å². The van der Waals surface area contributed by atoms with Crippen LogP contribution in [-0.4, -0.2) is 9.97 Å². The van der Waals surface area contributed by atoms with Crippen LogP contribution in [0, 0.1) is 0 Å². The molecule has 0 amide bonds. The molecule has 0 aliphatic carbocycles. The Bertz CT molecular complexity index is 1020. The molecular formula is C14H6Br2N2O2. The van der Waals surface area contributed by atoms with Gasteiger partial charge in [-0.1, -0.05) is 31.9 Å². The molecule has 0 saturated heterocycles. The van der Waals surface area contributed by atoms with Crippen LogP contribution in [0.1, 0.15) is 0 Å². The highest BCUT2D eigenvalue weighted by molar-refractivity contribution is 9.10. The third-order valence-corrected chi connectivity index (χ3v) is 4.36. The first-order valence-electron chi connectivity index (χ1n) is 5.85. The van der Waals surface area contributed by atoms with E-state index in [4.69, 9.17) is 0 Å². The van der Waals surface area contributed by atoms with Crippen LogP contribution in [0.2, 0.25) is 0 Å². The maximum Gasteiger partial charge on any atom is 0.256 e. The van der Waals surface area contributed by atoms with Gasteiger partial charge < -0.3 is 9.97 Å². The van der Waals surface area contributed by atoms with Gasteiger partial charge in [-0.15, -0.1) is 0 Å². The van der Waals surface area contributed by atoms with Crippen molar-refractivity contribution in [2.24, 2.45) is 0 Å². The highest BCUT2D eigenvalue weighted by Crippen LogP contribution is 2.32. The Morgan fingerprint density at radius 2 is 1.10 bits per heavy atom. The third-order valence-electron chi connectivity index (χ3n) is 3.44. The van der Waals surface area contributed by atoms with Crippen LogP contribution in [0.25, 0.3) is 32.6 Å². The Labute approximate surface area is 128 Å². The van der Waals surface area contributed by atoms with Crippen molar-refractivity contribution in [1.29, 1.82) is 0 Å². The molecule has 4 rings (SSSR count). The second kappa shape index (κ2) is 3.93. The molecule has 98 valence electrons. The second-order valence-corrected chi connectivity index (χ2v) is 6.49. The minimum Gasteiger partial charge on any atom is -0.321 e. The fraction of sp³-hybridized carbons (Fsp3) is 0. The molecule has 6 heteroatoms. The van der Waals surface area contributed by atoms with Crippen molar-refractivity contribution in [2.45, 2.75) is 0 Å². The van der Waals surface area contributed by atoms with E-state index in [0.29, 0.717) is 21.8 Å². The lowest BCUT2D eigenvalue weighted by Gasteiger charge is -2.10. The van der Waals surface area contributed by atoms with E-state index in [1.54, 1.807) is 12.1 Å². The first-order valence-corrected chi connectivity index (χ1v) is 7.43. The Morgan fingerprint density at radius 3 is 1.50 bits per heavy atom. The molecule has 0 atom stereocenters. The van der Waals surface area contributed by atoms with E-state index < -0.39 is 0 Å². The van der Waals surface area contributed by atoms with E-state index in [-0.39, 0.29) is 11.1 Å². The van der Waals surface area contributed by atoms with Gasteiger partial charge in [0.05, 0.1) is 21.8 Å². The smallest absolute Gasteiger partial charge is 0.256 e. The summed E-state index contributed by atoms with van der Waals surface area (Å²) < 4.78 is 1.51. The predicted octanol–water partition coefficient (Wildman–Crippen LogP) is 3.49. The molecule has 0 saturated carbocycles. The summed E-state index contributed by atoms with van der Waals surface area (Å²) in [5, 5.41) is 2.69. The van der Waals surface area contributed by atoms with Gasteiger partial charge in [0.1, 0.15) is 0 Å². The molecule has 4 nitrogen and oxygen atoms in total. The fourth-order valence-electron chi connectivity index (χ4n) is 2.69. The molecule has 2 aromatic carbocycles. The lowest BCUT2D eigenvalue weighted by molar-refractivity contribution is 1.31. The molecule has 2 heterocycles. The first-order chi connectivity index (χ1) is 9.54. The summed E-state index contributed by atoms with van der Waals surface area (Å²) >= 11 is 6.73. The van der Waals surface area contributed by atoms with Gasteiger partial charge >= 0.3 is 0 Å². The summed E-state index contributed by atoms with van der Waals surface area (Å²) in [6.07, 6.45) is 0. The number of pyridine rings is 2. The van der Waals surface area contributed by atoms with Crippen molar-refractivity contribution in [3.05, 3.63) is 53.9 Å². The summed E-state index contributed by atoms with van der Waals surface area (Å²) in [5.74, 6) is 0. The molecule has 4 aromatic rings. The van der Waals surface area contributed by atoms with Crippen LogP contribution in [0.15, 0.2) is 42.8 Å². The Hall–Kier alpha value is -1.66. The van der Waals surface area contributed by atoms with Crippen LogP contribution in [-0.2, 0) is 0 Å². The summed E-state index contributed by atoms with van der Waals surface area (Å²) in [5.41, 5.74) is 0.973. The molecule has 0 unspecified atom stereocenters. The molecule has 0 bridgehead atoms. The SMILES string of the molecule is O=c1[nH]c2cc(Br)cc3c(=O)[nH]c4cc(Br)cc1c4c23. The average Bonchev–Trinajstić information content (AvgIpc) is 2.37. The van der Waals surface area contributed by atoms with Crippen molar-refractivity contribution in [3.8, 4) is 0 Å².